The number of aliphatic hydroxyl groups excluding tert-OH is 3. The minimum absolute atomic E-state index is 0.0106. The fourth-order valence-corrected chi connectivity index (χ4v) is 6.24. The van der Waals surface area contributed by atoms with Gasteiger partial charge in [0.25, 0.3) is 0 Å². The van der Waals surface area contributed by atoms with Crippen molar-refractivity contribution in [3.8, 4) is 0 Å². The molecule has 0 radical (unpaired) electrons. The number of aliphatic hydroxyl groups is 3. The second kappa shape index (κ2) is 9.68. The monoisotopic (exact) mass is 564 g/mol. The molecule has 0 aliphatic carbocycles. The smallest absolute Gasteiger partial charge is 0.359 e. The Morgan fingerprint density at radius 3 is 2.10 bits per heavy atom. The van der Waals surface area contributed by atoms with Crippen LogP contribution in [0.3, 0.4) is 0 Å². The molecule has 208 valence electrons. The lowest BCUT2D eigenvalue weighted by atomic mass is 10.2. The number of imidazole rings is 2. The number of hydrogen-bond donors (Lipinski definition) is 6. The van der Waals surface area contributed by atoms with E-state index in [0.717, 1.165) is 0 Å². The number of rotatable bonds is 7. The molecule has 8 N–H and O–H groups in total. The second-order valence-electron chi connectivity index (χ2n) is 9.19. The van der Waals surface area contributed by atoms with Crippen LogP contribution in [0.1, 0.15) is 25.3 Å². The highest BCUT2D eigenvalue weighted by atomic mass is 31.2. The summed E-state index contributed by atoms with van der Waals surface area (Å²) in [6.07, 6.45) is -1.28. The van der Waals surface area contributed by atoms with Gasteiger partial charge in [-0.15, -0.1) is 0 Å². The SMILES string of the molecule is Nc1ncnc2c1ncn2[C@H]1C[C@H](O)[C@@H](C(O)P(=O)(O)O[C@H]2C[C@H](n3cnc4c(N)ncnc43)O[C@@H]2CO)O1. The van der Waals surface area contributed by atoms with Crippen LogP contribution in [0, 0.1) is 0 Å². The molecule has 19 heteroatoms. The molecule has 2 fully saturated rings. The number of nitrogens with zero attached hydrogens (tertiary/aromatic N) is 8. The van der Waals surface area contributed by atoms with Gasteiger partial charge in [0.1, 0.15) is 54.5 Å². The standard InChI is InChI=1S/C20H25N10O8P/c21-16-13-18(25-4-23-16)29(6-27-13)11-1-8(32)15(37-11)20(33)39(34,35)38-9-2-12(36-10(9)3-31)30-7-28-14-17(22)24-5-26-19(14)30/h4-12,15,20,31-33H,1-3H2,(H,34,35)(H2,21,23,25)(H2,22,24,26)/t8-,9-,10+,11+,12+,15-,20?/m0/s1. The first kappa shape index (κ1) is 25.9. The third-order valence-electron chi connectivity index (χ3n) is 6.81. The maximum atomic E-state index is 13.2. The molecule has 2 saturated heterocycles. The quantitative estimate of drug-likeness (QED) is 0.142. The largest absolute Gasteiger partial charge is 0.394 e. The Labute approximate surface area is 218 Å². The first-order valence-electron chi connectivity index (χ1n) is 11.8. The van der Waals surface area contributed by atoms with Crippen molar-refractivity contribution in [2.45, 2.75) is 55.6 Å². The zero-order valence-electron chi connectivity index (χ0n) is 20.1. The summed E-state index contributed by atoms with van der Waals surface area (Å²) in [6.45, 7) is -0.537. The molecule has 6 rings (SSSR count). The van der Waals surface area contributed by atoms with Crippen LogP contribution < -0.4 is 11.5 Å². The molecule has 0 saturated carbocycles. The van der Waals surface area contributed by atoms with Gasteiger partial charge in [0.05, 0.1) is 25.4 Å². The molecule has 0 spiro atoms. The molecular weight excluding hydrogens is 539 g/mol. The van der Waals surface area contributed by atoms with Crippen LogP contribution in [0.25, 0.3) is 22.3 Å². The number of aromatic nitrogens is 8. The van der Waals surface area contributed by atoms with Gasteiger partial charge >= 0.3 is 7.60 Å². The first-order valence-corrected chi connectivity index (χ1v) is 13.5. The minimum Gasteiger partial charge on any atom is -0.394 e. The summed E-state index contributed by atoms with van der Waals surface area (Å²) in [5, 5.41) is 31.3. The van der Waals surface area contributed by atoms with Crippen LogP contribution in [-0.4, -0.2) is 96.1 Å². The van der Waals surface area contributed by atoms with Gasteiger partial charge in [0.15, 0.2) is 28.8 Å². The first-order chi connectivity index (χ1) is 18.7. The topological polar surface area (TPSA) is 265 Å². The highest BCUT2D eigenvalue weighted by Crippen LogP contribution is 2.54. The van der Waals surface area contributed by atoms with Crippen molar-refractivity contribution in [1.29, 1.82) is 0 Å². The number of hydrogen-bond acceptors (Lipinski definition) is 15. The van der Waals surface area contributed by atoms with E-state index in [-0.39, 0.29) is 24.5 Å². The van der Waals surface area contributed by atoms with Crippen molar-refractivity contribution in [2.24, 2.45) is 0 Å². The second-order valence-corrected chi connectivity index (χ2v) is 11.1. The van der Waals surface area contributed by atoms with Crippen molar-refractivity contribution < 1.29 is 38.8 Å². The summed E-state index contributed by atoms with van der Waals surface area (Å²) in [7, 11) is -4.85. The third kappa shape index (κ3) is 4.40. The molecule has 2 unspecified atom stereocenters. The maximum Gasteiger partial charge on any atom is 0.359 e. The average Bonchev–Trinajstić information content (AvgIpc) is 3.68. The highest BCUT2D eigenvalue weighted by Gasteiger charge is 2.50. The fourth-order valence-electron chi connectivity index (χ4n) is 4.87. The summed E-state index contributed by atoms with van der Waals surface area (Å²) >= 11 is 0. The Morgan fingerprint density at radius 2 is 1.54 bits per heavy atom. The third-order valence-corrected chi connectivity index (χ3v) is 8.34. The molecular formula is C20H25N10O8P. The number of ether oxygens (including phenoxy) is 2. The number of anilines is 2. The minimum atomic E-state index is -4.85. The van der Waals surface area contributed by atoms with E-state index >= 15 is 0 Å². The van der Waals surface area contributed by atoms with Crippen LogP contribution in [0.5, 0.6) is 0 Å². The molecule has 4 aromatic heterocycles. The van der Waals surface area contributed by atoms with Gasteiger partial charge in [0.2, 0.25) is 0 Å². The Hall–Kier alpha value is -3.35. The summed E-state index contributed by atoms with van der Waals surface area (Å²) in [4.78, 5) is 35.1. The molecule has 2 aliphatic rings. The molecule has 0 amide bonds. The molecule has 18 nitrogen and oxygen atoms in total. The predicted octanol–water partition coefficient (Wildman–Crippen LogP) is -1.35. The lowest BCUT2D eigenvalue weighted by Gasteiger charge is -2.27. The molecule has 6 heterocycles. The van der Waals surface area contributed by atoms with Crippen LogP contribution in [0.15, 0.2) is 25.3 Å². The zero-order chi connectivity index (χ0) is 27.5. The summed E-state index contributed by atoms with van der Waals surface area (Å²) in [6, 6.07) is 0. The van der Waals surface area contributed by atoms with E-state index in [1.165, 1.54) is 34.4 Å². The summed E-state index contributed by atoms with van der Waals surface area (Å²) < 4.78 is 33.3. The Bertz CT molecular complexity index is 1570. The molecule has 0 bridgehead atoms. The lowest BCUT2D eigenvalue weighted by molar-refractivity contribution is -0.0689. The molecule has 39 heavy (non-hydrogen) atoms. The van der Waals surface area contributed by atoms with Crippen molar-refractivity contribution in [3.05, 3.63) is 25.3 Å². The van der Waals surface area contributed by atoms with Crippen LogP contribution in [-0.2, 0) is 18.6 Å². The van der Waals surface area contributed by atoms with E-state index in [1.54, 1.807) is 0 Å². The van der Waals surface area contributed by atoms with Gasteiger partial charge in [-0.3, -0.25) is 13.7 Å². The molecule has 4 aromatic rings. The van der Waals surface area contributed by atoms with E-state index in [2.05, 4.69) is 29.9 Å². The maximum absolute atomic E-state index is 13.2. The van der Waals surface area contributed by atoms with Crippen molar-refractivity contribution in [3.63, 3.8) is 0 Å². The van der Waals surface area contributed by atoms with E-state index < -0.39 is 56.9 Å². The zero-order valence-corrected chi connectivity index (χ0v) is 21.0. The van der Waals surface area contributed by atoms with Gasteiger partial charge in [0, 0.05) is 12.8 Å². The van der Waals surface area contributed by atoms with Crippen molar-refractivity contribution in [2.75, 3.05) is 18.1 Å². The number of nitrogen functional groups attached to an aromatic ring is 2. The Morgan fingerprint density at radius 1 is 0.974 bits per heavy atom. The normalized spacial score (nSPS) is 29.7. The fraction of sp³-hybridized carbons (Fsp3) is 0.500. The average molecular weight is 564 g/mol. The van der Waals surface area contributed by atoms with Gasteiger partial charge < -0.3 is 45.7 Å². The van der Waals surface area contributed by atoms with Gasteiger partial charge in [-0.1, -0.05) is 0 Å². The van der Waals surface area contributed by atoms with Gasteiger partial charge in [-0.25, -0.2) is 29.9 Å². The Balaban J connectivity index is 1.18. The van der Waals surface area contributed by atoms with Crippen LogP contribution in [0.4, 0.5) is 11.6 Å². The van der Waals surface area contributed by atoms with E-state index in [0.29, 0.717) is 22.3 Å². The van der Waals surface area contributed by atoms with E-state index in [9.17, 15) is 24.8 Å². The lowest BCUT2D eigenvalue weighted by Crippen LogP contribution is -2.37. The summed E-state index contributed by atoms with van der Waals surface area (Å²) in [5.74, 6) is -1.80. The Kier molecular flexibility index (Phi) is 6.43. The van der Waals surface area contributed by atoms with Crippen molar-refractivity contribution >= 4 is 41.6 Å². The molecule has 0 aromatic carbocycles. The molecule has 8 atom stereocenters. The van der Waals surface area contributed by atoms with Gasteiger partial charge in [-0.2, -0.15) is 0 Å². The van der Waals surface area contributed by atoms with E-state index in [1.807, 2.05) is 0 Å². The van der Waals surface area contributed by atoms with Gasteiger partial charge in [-0.05, 0) is 0 Å². The number of nitrogens with two attached hydrogens (primary N) is 2. The summed E-state index contributed by atoms with van der Waals surface area (Å²) in [5.41, 5.74) is 13.0. The predicted molar refractivity (Wildman–Crippen MR) is 130 cm³/mol. The number of fused-ring (bicyclic) bond motifs is 2. The van der Waals surface area contributed by atoms with Crippen molar-refractivity contribution in [1.82, 2.24) is 39.0 Å². The van der Waals surface area contributed by atoms with Crippen LogP contribution in [0.2, 0.25) is 0 Å². The van der Waals surface area contributed by atoms with E-state index in [4.69, 9.17) is 25.5 Å². The molecule has 2 aliphatic heterocycles. The highest BCUT2D eigenvalue weighted by molar-refractivity contribution is 7.53. The van der Waals surface area contributed by atoms with Crippen LogP contribution >= 0.6 is 7.60 Å².